The first-order valence-electron chi connectivity index (χ1n) is 9.01. The van der Waals surface area contributed by atoms with Crippen LogP contribution in [0.5, 0.6) is 0 Å². The predicted octanol–water partition coefficient (Wildman–Crippen LogP) is 2.76. The van der Waals surface area contributed by atoms with E-state index in [2.05, 4.69) is 63.2 Å². The summed E-state index contributed by atoms with van der Waals surface area (Å²) >= 11 is 0. The van der Waals surface area contributed by atoms with E-state index >= 15 is 0 Å². The van der Waals surface area contributed by atoms with Gasteiger partial charge in [-0.25, -0.2) is 9.67 Å². The third-order valence-corrected chi connectivity index (χ3v) is 4.64. The minimum atomic E-state index is -0.0148. The van der Waals surface area contributed by atoms with E-state index in [0.29, 0.717) is 12.0 Å². The number of aryl methyl sites for hydroxylation is 1. The molecule has 0 amide bonds. The predicted molar refractivity (Wildman–Crippen MR) is 95.5 cm³/mol. The van der Waals surface area contributed by atoms with Crippen molar-refractivity contribution in [3.8, 4) is 0 Å². The quantitative estimate of drug-likeness (QED) is 0.807. The number of hydrogen-bond donors (Lipinski definition) is 0. The second kappa shape index (κ2) is 7.31. The maximum Gasteiger partial charge on any atom is 0.151 e. The van der Waals surface area contributed by atoms with E-state index < -0.39 is 0 Å². The molecule has 1 aliphatic rings. The molecule has 2 rings (SSSR count). The van der Waals surface area contributed by atoms with Crippen LogP contribution in [0.4, 0.5) is 0 Å². The summed E-state index contributed by atoms with van der Waals surface area (Å²) in [7, 11) is 4.35. The normalized spacial score (nSPS) is 20.1. The summed E-state index contributed by atoms with van der Waals surface area (Å²) in [5.74, 6) is 2.82. The molecule has 1 aromatic heterocycles. The first-order valence-corrected chi connectivity index (χ1v) is 9.01. The van der Waals surface area contributed by atoms with Gasteiger partial charge in [0.2, 0.25) is 0 Å². The molecule has 0 N–H and O–H groups in total. The molecule has 0 saturated carbocycles. The highest BCUT2D eigenvalue weighted by Gasteiger charge is 2.27. The topological polar surface area (TPSA) is 37.2 Å². The van der Waals surface area contributed by atoms with Crippen LogP contribution >= 0.6 is 0 Å². The number of likely N-dealkylation sites (N-methyl/N-ethyl adjacent to an activating group) is 1. The van der Waals surface area contributed by atoms with Crippen molar-refractivity contribution in [3.63, 3.8) is 0 Å². The van der Waals surface area contributed by atoms with Crippen LogP contribution in [-0.2, 0) is 18.5 Å². The number of rotatable bonds is 6. The van der Waals surface area contributed by atoms with Gasteiger partial charge in [-0.1, -0.05) is 13.8 Å². The molecule has 1 atom stereocenters. The smallest absolute Gasteiger partial charge is 0.151 e. The molecule has 1 aliphatic heterocycles. The van der Waals surface area contributed by atoms with Crippen molar-refractivity contribution >= 4 is 0 Å². The van der Waals surface area contributed by atoms with Crippen LogP contribution in [0.3, 0.4) is 0 Å². The minimum Gasteiger partial charge on any atom is -0.305 e. The third-order valence-electron chi connectivity index (χ3n) is 4.64. The molecule has 2 heterocycles. The average Bonchev–Trinajstić information content (AvgIpc) is 3.03. The van der Waals surface area contributed by atoms with E-state index in [0.717, 1.165) is 44.1 Å². The van der Waals surface area contributed by atoms with Crippen LogP contribution in [0.25, 0.3) is 0 Å². The molecule has 5 nitrogen and oxygen atoms in total. The fraction of sp³-hybridized carbons (Fsp3) is 0.889. The lowest BCUT2D eigenvalue weighted by Gasteiger charge is -2.24. The van der Waals surface area contributed by atoms with Gasteiger partial charge >= 0.3 is 0 Å². The van der Waals surface area contributed by atoms with Crippen molar-refractivity contribution in [1.82, 2.24) is 24.6 Å². The summed E-state index contributed by atoms with van der Waals surface area (Å²) in [6, 6.07) is 0.668. The van der Waals surface area contributed by atoms with Crippen LogP contribution in [0.1, 0.15) is 59.1 Å². The number of hydrogen-bond acceptors (Lipinski definition) is 4. The van der Waals surface area contributed by atoms with Gasteiger partial charge in [-0.3, -0.25) is 4.90 Å². The second-order valence-corrected chi connectivity index (χ2v) is 8.60. The van der Waals surface area contributed by atoms with Crippen molar-refractivity contribution < 1.29 is 0 Å². The van der Waals surface area contributed by atoms with Gasteiger partial charge in [0.1, 0.15) is 5.82 Å². The van der Waals surface area contributed by atoms with E-state index in [9.17, 15) is 0 Å². The van der Waals surface area contributed by atoms with Crippen LogP contribution in [0.2, 0.25) is 0 Å². The van der Waals surface area contributed by atoms with Crippen molar-refractivity contribution in [2.75, 3.05) is 27.2 Å². The Kier molecular flexibility index (Phi) is 5.84. The van der Waals surface area contributed by atoms with Gasteiger partial charge in [-0.05, 0) is 53.6 Å². The Hall–Kier alpha value is -0.940. The van der Waals surface area contributed by atoms with Gasteiger partial charge in [0.25, 0.3) is 0 Å². The molecular weight excluding hydrogens is 286 g/mol. The zero-order valence-electron chi connectivity index (χ0n) is 16.1. The van der Waals surface area contributed by atoms with Crippen molar-refractivity contribution in [3.05, 3.63) is 11.6 Å². The van der Waals surface area contributed by atoms with Gasteiger partial charge < -0.3 is 4.90 Å². The van der Waals surface area contributed by atoms with Gasteiger partial charge in [0, 0.05) is 25.6 Å². The standard InChI is InChI=1S/C18H35N5/c1-14(2)8-9-16-19-17(23(20-16)18(3,4)5)13-22-11-10-15(12-22)21(6)7/h14-15H,8-13H2,1-7H3/t15-/m0/s1. The molecule has 0 aliphatic carbocycles. The molecule has 0 spiro atoms. The Bertz CT molecular complexity index is 498. The van der Waals surface area contributed by atoms with Gasteiger partial charge in [-0.15, -0.1) is 0 Å². The first kappa shape index (κ1) is 18.4. The molecule has 0 bridgehead atoms. The van der Waals surface area contributed by atoms with E-state index in [4.69, 9.17) is 10.1 Å². The number of likely N-dealkylation sites (tertiary alicyclic amines) is 1. The van der Waals surface area contributed by atoms with Gasteiger partial charge in [0.05, 0.1) is 12.1 Å². The maximum absolute atomic E-state index is 4.88. The molecule has 0 unspecified atom stereocenters. The summed E-state index contributed by atoms with van der Waals surface area (Å²) in [5, 5.41) is 4.82. The summed E-state index contributed by atoms with van der Waals surface area (Å²) in [5.41, 5.74) is -0.0148. The van der Waals surface area contributed by atoms with Crippen LogP contribution in [0, 0.1) is 5.92 Å². The second-order valence-electron chi connectivity index (χ2n) is 8.60. The highest BCUT2D eigenvalue weighted by Crippen LogP contribution is 2.20. The van der Waals surface area contributed by atoms with E-state index in [1.807, 2.05) is 0 Å². The molecule has 0 radical (unpaired) electrons. The van der Waals surface area contributed by atoms with Crippen molar-refractivity contribution in [2.45, 2.75) is 72.0 Å². The molecule has 1 saturated heterocycles. The van der Waals surface area contributed by atoms with Crippen molar-refractivity contribution in [2.24, 2.45) is 5.92 Å². The van der Waals surface area contributed by atoms with Crippen molar-refractivity contribution in [1.29, 1.82) is 0 Å². The molecule has 23 heavy (non-hydrogen) atoms. The number of aromatic nitrogens is 3. The fourth-order valence-electron chi connectivity index (χ4n) is 3.13. The minimum absolute atomic E-state index is 0.0148. The molecule has 1 fully saturated rings. The van der Waals surface area contributed by atoms with Crippen LogP contribution in [0.15, 0.2) is 0 Å². The zero-order valence-corrected chi connectivity index (χ0v) is 16.1. The Morgan fingerprint density at radius 2 is 1.96 bits per heavy atom. The lowest BCUT2D eigenvalue weighted by molar-refractivity contribution is 0.248. The largest absolute Gasteiger partial charge is 0.305 e. The monoisotopic (exact) mass is 321 g/mol. The Morgan fingerprint density at radius 1 is 1.26 bits per heavy atom. The highest BCUT2D eigenvalue weighted by atomic mass is 15.4. The van der Waals surface area contributed by atoms with Gasteiger partial charge in [-0.2, -0.15) is 5.10 Å². The summed E-state index contributed by atoms with van der Waals surface area (Å²) in [6.45, 7) is 14.3. The summed E-state index contributed by atoms with van der Waals surface area (Å²) in [4.78, 5) is 9.73. The summed E-state index contributed by atoms with van der Waals surface area (Å²) in [6.07, 6.45) is 3.38. The molecule has 0 aromatic carbocycles. The molecule has 5 heteroatoms. The number of nitrogens with zero attached hydrogens (tertiary/aromatic N) is 5. The highest BCUT2D eigenvalue weighted by molar-refractivity contribution is 4.99. The Morgan fingerprint density at radius 3 is 2.48 bits per heavy atom. The van der Waals surface area contributed by atoms with E-state index in [-0.39, 0.29) is 5.54 Å². The van der Waals surface area contributed by atoms with E-state index in [1.54, 1.807) is 0 Å². The van der Waals surface area contributed by atoms with Crippen LogP contribution < -0.4 is 0 Å². The first-order chi connectivity index (χ1) is 10.7. The molecular formula is C18H35N5. The molecule has 132 valence electrons. The lowest BCUT2D eigenvalue weighted by atomic mass is 10.1. The lowest BCUT2D eigenvalue weighted by Crippen LogP contribution is -2.33. The SMILES string of the molecule is CC(C)CCc1nc(CN2CC[C@H](N(C)C)C2)n(C(C)(C)C)n1. The fourth-order valence-corrected chi connectivity index (χ4v) is 3.13. The summed E-state index contributed by atoms with van der Waals surface area (Å²) < 4.78 is 2.14. The third kappa shape index (κ3) is 5.01. The van der Waals surface area contributed by atoms with E-state index in [1.165, 1.54) is 6.42 Å². The Labute approximate surface area is 142 Å². The Balaban J connectivity index is 2.10. The zero-order chi connectivity index (χ0) is 17.2. The molecule has 1 aromatic rings. The van der Waals surface area contributed by atoms with Gasteiger partial charge in [0.15, 0.2) is 5.82 Å². The average molecular weight is 322 g/mol. The maximum atomic E-state index is 4.88. The van der Waals surface area contributed by atoms with Crippen LogP contribution in [-0.4, -0.2) is 57.8 Å².